The number of nitrogens with zero attached hydrogens (tertiary/aromatic N) is 4. The van der Waals surface area contributed by atoms with Crippen LogP contribution in [0.15, 0.2) is 18.2 Å². The zero-order valence-electron chi connectivity index (χ0n) is 24.6. The van der Waals surface area contributed by atoms with E-state index in [0.717, 1.165) is 69.9 Å². The molecule has 41 heavy (non-hydrogen) atoms. The van der Waals surface area contributed by atoms with Crippen LogP contribution in [0.2, 0.25) is 0 Å². The van der Waals surface area contributed by atoms with E-state index in [1.807, 2.05) is 37.8 Å². The molecule has 4 fully saturated rings. The van der Waals surface area contributed by atoms with Gasteiger partial charge in [-0.3, -0.25) is 19.7 Å². The third kappa shape index (κ3) is 5.80. The first-order chi connectivity index (χ1) is 19.5. The van der Waals surface area contributed by atoms with E-state index in [2.05, 4.69) is 21.2 Å². The molecule has 0 aliphatic carbocycles. The fourth-order valence-corrected chi connectivity index (χ4v) is 7.20. The van der Waals surface area contributed by atoms with Crippen LogP contribution in [0.3, 0.4) is 0 Å². The minimum atomic E-state index is -0.578. The number of fused-ring (bicyclic) bond motifs is 1. The number of imide groups is 1. The molecular formula is C31H43N5O5. The Kier molecular flexibility index (Phi) is 7.24. The van der Waals surface area contributed by atoms with Gasteiger partial charge in [0.15, 0.2) is 0 Å². The molecule has 0 aromatic heterocycles. The van der Waals surface area contributed by atoms with Crippen LogP contribution in [-0.4, -0.2) is 96.0 Å². The summed E-state index contributed by atoms with van der Waals surface area (Å²) in [6.45, 7) is 13.1. The number of hydrogen-bond acceptors (Lipinski definition) is 7. The molecule has 10 heteroatoms. The maximum Gasteiger partial charge on any atom is 0.410 e. The van der Waals surface area contributed by atoms with Gasteiger partial charge in [0.1, 0.15) is 11.6 Å². The van der Waals surface area contributed by atoms with Crippen LogP contribution in [0.25, 0.3) is 0 Å². The molecule has 222 valence electrons. The smallest absolute Gasteiger partial charge is 0.410 e. The van der Waals surface area contributed by atoms with Crippen molar-refractivity contribution < 1.29 is 23.9 Å². The Hall–Kier alpha value is -3.14. The monoisotopic (exact) mass is 565 g/mol. The Morgan fingerprint density at radius 3 is 2.39 bits per heavy atom. The molecule has 0 bridgehead atoms. The number of carbonyl (C=O) groups excluding carboxylic acids is 4. The third-order valence-corrected chi connectivity index (χ3v) is 9.63. The van der Waals surface area contributed by atoms with Gasteiger partial charge in [0, 0.05) is 62.4 Å². The predicted octanol–water partition coefficient (Wildman–Crippen LogP) is 3.00. The molecule has 1 unspecified atom stereocenters. The van der Waals surface area contributed by atoms with Gasteiger partial charge in [-0.15, -0.1) is 0 Å². The van der Waals surface area contributed by atoms with E-state index in [4.69, 9.17) is 4.74 Å². The van der Waals surface area contributed by atoms with Gasteiger partial charge in [-0.25, -0.2) is 4.79 Å². The molecule has 5 heterocycles. The van der Waals surface area contributed by atoms with Gasteiger partial charge < -0.3 is 24.3 Å². The number of ether oxygens (including phenoxy) is 1. The number of anilines is 1. The number of piperidine rings is 3. The summed E-state index contributed by atoms with van der Waals surface area (Å²) in [4.78, 5) is 57.9. The van der Waals surface area contributed by atoms with E-state index in [1.54, 1.807) is 4.90 Å². The first-order valence-corrected chi connectivity index (χ1v) is 15.2. The molecule has 1 N–H and O–H groups in total. The van der Waals surface area contributed by atoms with Gasteiger partial charge in [0.2, 0.25) is 11.8 Å². The van der Waals surface area contributed by atoms with Crippen molar-refractivity contribution in [1.29, 1.82) is 0 Å². The average Bonchev–Trinajstić information content (AvgIpc) is 3.22. The van der Waals surface area contributed by atoms with E-state index in [1.165, 1.54) is 12.8 Å². The minimum Gasteiger partial charge on any atom is -0.444 e. The fourth-order valence-electron chi connectivity index (χ4n) is 7.20. The van der Waals surface area contributed by atoms with E-state index in [9.17, 15) is 19.2 Å². The number of benzene rings is 1. The van der Waals surface area contributed by atoms with Crippen LogP contribution in [-0.2, 0) is 20.9 Å². The number of amides is 4. The van der Waals surface area contributed by atoms with Crippen molar-refractivity contribution in [2.24, 2.45) is 11.3 Å². The quantitative estimate of drug-likeness (QED) is 0.560. The third-order valence-electron chi connectivity index (χ3n) is 9.63. The Morgan fingerprint density at radius 2 is 1.73 bits per heavy atom. The lowest BCUT2D eigenvalue weighted by molar-refractivity contribution is -0.136. The van der Waals surface area contributed by atoms with Crippen LogP contribution in [0, 0.1) is 11.3 Å². The van der Waals surface area contributed by atoms with Crippen molar-refractivity contribution in [3.8, 4) is 0 Å². The fraction of sp³-hybridized carbons (Fsp3) is 0.677. The van der Waals surface area contributed by atoms with Crippen molar-refractivity contribution in [2.45, 2.75) is 77.5 Å². The van der Waals surface area contributed by atoms with E-state index >= 15 is 0 Å². The lowest BCUT2D eigenvalue weighted by Crippen LogP contribution is -2.60. The molecule has 5 aliphatic rings. The van der Waals surface area contributed by atoms with Crippen molar-refractivity contribution in [3.63, 3.8) is 0 Å². The summed E-state index contributed by atoms with van der Waals surface area (Å²) in [6, 6.07) is 5.54. The lowest BCUT2D eigenvalue weighted by Gasteiger charge is -2.55. The lowest BCUT2D eigenvalue weighted by atomic mass is 9.71. The van der Waals surface area contributed by atoms with Crippen LogP contribution in [0.5, 0.6) is 0 Å². The summed E-state index contributed by atoms with van der Waals surface area (Å²) < 4.78 is 5.54. The maximum atomic E-state index is 13.2. The highest BCUT2D eigenvalue weighted by atomic mass is 16.6. The minimum absolute atomic E-state index is 0.114. The molecule has 1 spiro atoms. The molecule has 4 saturated heterocycles. The van der Waals surface area contributed by atoms with E-state index in [-0.39, 0.29) is 30.2 Å². The largest absolute Gasteiger partial charge is 0.444 e. The molecule has 0 saturated carbocycles. The molecule has 5 aliphatic heterocycles. The second-order valence-corrected chi connectivity index (χ2v) is 13.8. The van der Waals surface area contributed by atoms with E-state index in [0.29, 0.717) is 29.9 Å². The molecule has 0 radical (unpaired) electrons. The van der Waals surface area contributed by atoms with Crippen molar-refractivity contribution in [3.05, 3.63) is 29.3 Å². The normalized spacial score (nSPS) is 25.3. The van der Waals surface area contributed by atoms with Crippen molar-refractivity contribution in [1.82, 2.24) is 20.0 Å². The van der Waals surface area contributed by atoms with Gasteiger partial charge in [-0.05, 0) is 89.6 Å². The Balaban J connectivity index is 0.962. The number of likely N-dealkylation sites (tertiary alicyclic amines) is 2. The van der Waals surface area contributed by atoms with Gasteiger partial charge in [0.05, 0.1) is 0 Å². The zero-order chi connectivity index (χ0) is 28.9. The molecular weight excluding hydrogens is 522 g/mol. The molecule has 4 amide bonds. The Bertz CT molecular complexity index is 1220. The van der Waals surface area contributed by atoms with Gasteiger partial charge >= 0.3 is 6.09 Å². The highest BCUT2D eigenvalue weighted by molar-refractivity contribution is 6.05. The topological polar surface area (TPSA) is 102 Å². The van der Waals surface area contributed by atoms with Crippen LogP contribution in [0.1, 0.15) is 75.2 Å². The number of carbonyl (C=O) groups is 4. The van der Waals surface area contributed by atoms with Crippen molar-refractivity contribution in [2.75, 3.05) is 50.7 Å². The zero-order valence-corrected chi connectivity index (χ0v) is 24.6. The summed E-state index contributed by atoms with van der Waals surface area (Å²) in [5.74, 6) is -0.123. The van der Waals surface area contributed by atoms with Crippen LogP contribution < -0.4 is 10.2 Å². The Morgan fingerprint density at radius 1 is 1.02 bits per heavy atom. The summed E-state index contributed by atoms with van der Waals surface area (Å²) in [5, 5.41) is 2.37. The first kappa shape index (κ1) is 28.0. The first-order valence-electron chi connectivity index (χ1n) is 15.2. The highest BCUT2D eigenvalue weighted by Gasteiger charge is 2.46. The number of nitrogens with one attached hydrogen (secondary N) is 1. The van der Waals surface area contributed by atoms with Crippen LogP contribution in [0.4, 0.5) is 10.5 Å². The molecule has 10 nitrogen and oxygen atoms in total. The number of rotatable bonds is 4. The second kappa shape index (κ2) is 10.6. The average molecular weight is 566 g/mol. The molecule has 1 atom stereocenters. The van der Waals surface area contributed by atoms with Gasteiger partial charge in [-0.2, -0.15) is 0 Å². The van der Waals surface area contributed by atoms with E-state index < -0.39 is 11.6 Å². The van der Waals surface area contributed by atoms with Crippen LogP contribution >= 0.6 is 0 Å². The predicted molar refractivity (Wildman–Crippen MR) is 153 cm³/mol. The summed E-state index contributed by atoms with van der Waals surface area (Å²) in [5.41, 5.74) is 2.60. The Labute approximate surface area is 242 Å². The number of hydrogen-bond donors (Lipinski definition) is 1. The highest BCUT2D eigenvalue weighted by Crippen LogP contribution is 2.43. The summed E-state index contributed by atoms with van der Waals surface area (Å²) >= 11 is 0. The van der Waals surface area contributed by atoms with Gasteiger partial charge in [-0.1, -0.05) is 6.07 Å². The standard InChI is InChI=1S/C31H43N5O5/c1-30(2,3)41-29(40)34-12-8-21(9-13-34)17-33-14-10-31(11-15-33)19-35(20-31)23-5-4-22-18-36(28(39)24(22)16-23)25-6-7-26(37)32-27(25)38/h4-5,16,21,25H,6-15,17-20H2,1-3H3,(H,32,37,38). The molecule has 6 rings (SSSR count). The summed E-state index contributed by atoms with van der Waals surface area (Å²) in [7, 11) is 0. The summed E-state index contributed by atoms with van der Waals surface area (Å²) in [6.07, 6.45) is 4.90. The molecule has 1 aromatic rings. The SMILES string of the molecule is CC(C)(C)OC(=O)N1CCC(CN2CCC3(CC2)CN(c2ccc4c(c2)C(=O)N(C2CCC(=O)NC2=O)C4)C3)CC1. The van der Waals surface area contributed by atoms with Gasteiger partial charge in [0.25, 0.3) is 5.91 Å². The van der Waals surface area contributed by atoms with Crippen molar-refractivity contribution >= 4 is 29.5 Å². The molecule has 1 aromatic carbocycles. The second-order valence-electron chi connectivity index (χ2n) is 13.8. The maximum absolute atomic E-state index is 13.2.